The molecular weight excluding hydrogens is 222 g/mol. The summed E-state index contributed by atoms with van der Waals surface area (Å²) in [5, 5.41) is 3.38. The summed E-state index contributed by atoms with van der Waals surface area (Å²) >= 11 is 0. The van der Waals surface area contributed by atoms with Crippen LogP contribution in [0.2, 0.25) is 0 Å². The fourth-order valence-corrected chi connectivity index (χ4v) is 2.41. The van der Waals surface area contributed by atoms with E-state index in [-0.39, 0.29) is 0 Å². The van der Waals surface area contributed by atoms with Crippen molar-refractivity contribution >= 4 is 0 Å². The summed E-state index contributed by atoms with van der Waals surface area (Å²) in [7, 11) is 0. The van der Waals surface area contributed by atoms with Crippen LogP contribution in [0.15, 0.2) is 42.5 Å². The highest BCUT2D eigenvalue weighted by atomic mass is 16.5. The minimum atomic E-state index is 0.649. The van der Waals surface area contributed by atoms with E-state index in [4.69, 9.17) is 4.74 Å². The van der Waals surface area contributed by atoms with Crippen molar-refractivity contribution < 1.29 is 4.74 Å². The van der Waals surface area contributed by atoms with E-state index in [2.05, 4.69) is 36.5 Å². The molecule has 3 rings (SSSR count). The molecular formula is C16H17NO. The van der Waals surface area contributed by atoms with Gasteiger partial charge in [-0.25, -0.2) is 0 Å². The highest BCUT2D eigenvalue weighted by Gasteiger charge is 2.13. The van der Waals surface area contributed by atoms with E-state index in [0.717, 1.165) is 18.8 Å². The van der Waals surface area contributed by atoms with Crippen LogP contribution >= 0.6 is 0 Å². The smallest absolute Gasteiger partial charge is 0.122 e. The Labute approximate surface area is 108 Å². The second-order valence-corrected chi connectivity index (χ2v) is 4.71. The lowest BCUT2D eigenvalue weighted by molar-refractivity contribution is 0.303. The average molecular weight is 239 g/mol. The van der Waals surface area contributed by atoms with Crippen LogP contribution in [-0.4, -0.2) is 0 Å². The zero-order chi connectivity index (χ0) is 12.4. The lowest BCUT2D eigenvalue weighted by Crippen LogP contribution is -2.03. The van der Waals surface area contributed by atoms with Gasteiger partial charge in [0.2, 0.25) is 0 Å². The van der Waals surface area contributed by atoms with Crippen LogP contribution in [0.1, 0.15) is 22.3 Å². The van der Waals surface area contributed by atoms with E-state index in [0.29, 0.717) is 6.61 Å². The average Bonchev–Trinajstić information content (AvgIpc) is 2.86. The molecule has 1 aliphatic heterocycles. The van der Waals surface area contributed by atoms with E-state index in [1.807, 2.05) is 18.2 Å². The van der Waals surface area contributed by atoms with Crippen molar-refractivity contribution in [1.82, 2.24) is 5.32 Å². The standard InChI is InChI=1S/C16H17NO/c1-12-5-2-3-8-16(12)18-11-14-7-4-6-13-9-17-10-15(13)14/h2-8,17H,9-11H2,1H3. The van der Waals surface area contributed by atoms with Gasteiger partial charge in [-0.15, -0.1) is 0 Å². The summed E-state index contributed by atoms with van der Waals surface area (Å²) < 4.78 is 5.92. The van der Waals surface area contributed by atoms with Gasteiger partial charge >= 0.3 is 0 Å². The van der Waals surface area contributed by atoms with Crippen LogP contribution in [-0.2, 0) is 19.7 Å². The molecule has 1 aliphatic rings. The Balaban J connectivity index is 1.78. The zero-order valence-corrected chi connectivity index (χ0v) is 10.6. The third kappa shape index (κ3) is 2.12. The molecule has 2 aromatic carbocycles. The molecule has 0 radical (unpaired) electrons. The molecule has 2 nitrogen and oxygen atoms in total. The number of rotatable bonds is 3. The maximum Gasteiger partial charge on any atom is 0.122 e. The van der Waals surface area contributed by atoms with Crippen molar-refractivity contribution in [1.29, 1.82) is 0 Å². The van der Waals surface area contributed by atoms with Gasteiger partial charge in [-0.3, -0.25) is 0 Å². The Morgan fingerprint density at radius 3 is 2.83 bits per heavy atom. The first-order chi connectivity index (χ1) is 8.84. The van der Waals surface area contributed by atoms with Crippen LogP contribution < -0.4 is 10.1 Å². The van der Waals surface area contributed by atoms with Gasteiger partial charge in [0.25, 0.3) is 0 Å². The van der Waals surface area contributed by atoms with Crippen LogP contribution in [0.25, 0.3) is 0 Å². The summed E-state index contributed by atoms with van der Waals surface area (Å²) in [5.41, 5.74) is 5.29. The van der Waals surface area contributed by atoms with E-state index in [9.17, 15) is 0 Å². The van der Waals surface area contributed by atoms with Gasteiger partial charge in [-0.05, 0) is 35.2 Å². The van der Waals surface area contributed by atoms with Crippen LogP contribution in [0.4, 0.5) is 0 Å². The summed E-state index contributed by atoms with van der Waals surface area (Å²) in [6.07, 6.45) is 0. The highest BCUT2D eigenvalue weighted by Crippen LogP contribution is 2.23. The molecule has 0 amide bonds. The molecule has 2 heteroatoms. The summed E-state index contributed by atoms with van der Waals surface area (Å²) in [6.45, 7) is 4.66. The summed E-state index contributed by atoms with van der Waals surface area (Å²) in [6, 6.07) is 14.6. The monoisotopic (exact) mass is 239 g/mol. The molecule has 0 fully saturated rings. The Hall–Kier alpha value is -1.80. The van der Waals surface area contributed by atoms with E-state index < -0.39 is 0 Å². The van der Waals surface area contributed by atoms with Gasteiger partial charge in [0.15, 0.2) is 0 Å². The number of fused-ring (bicyclic) bond motifs is 1. The number of para-hydroxylation sites is 1. The minimum absolute atomic E-state index is 0.649. The molecule has 0 spiro atoms. The Morgan fingerprint density at radius 2 is 1.94 bits per heavy atom. The summed E-state index contributed by atoms with van der Waals surface area (Å²) in [5.74, 6) is 0.973. The summed E-state index contributed by atoms with van der Waals surface area (Å²) in [4.78, 5) is 0. The quantitative estimate of drug-likeness (QED) is 0.888. The third-order valence-electron chi connectivity index (χ3n) is 3.46. The van der Waals surface area contributed by atoms with Gasteiger partial charge in [0.1, 0.15) is 12.4 Å². The largest absolute Gasteiger partial charge is 0.489 e. The Bertz CT molecular complexity index is 563. The number of hydrogen-bond donors (Lipinski definition) is 1. The molecule has 1 heterocycles. The topological polar surface area (TPSA) is 21.3 Å². The fraction of sp³-hybridized carbons (Fsp3) is 0.250. The van der Waals surface area contributed by atoms with Gasteiger partial charge in [-0.1, -0.05) is 36.4 Å². The molecule has 0 aliphatic carbocycles. The molecule has 0 saturated carbocycles. The van der Waals surface area contributed by atoms with Crippen molar-refractivity contribution in [2.24, 2.45) is 0 Å². The second-order valence-electron chi connectivity index (χ2n) is 4.71. The van der Waals surface area contributed by atoms with E-state index in [1.54, 1.807) is 0 Å². The van der Waals surface area contributed by atoms with Crippen molar-refractivity contribution in [2.45, 2.75) is 26.6 Å². The normalized spacial score (nSPS) is 13.4. The molecule has 92 valence electrons. The molecule has 0 saturated heterocycles. The molecule has 18 heavy (non-hydrogen) atoms. The number of hydrogen-bond acceptors (Lipinski definition) is 2. The molecule has 0 aromatic heterocycles. The van der Waals surface area contributed by atoms with E-state index in [1.165, 1.54) is 22.3 Å². The number of aryl methyl sites for hydroxylation is 1. The maximum absolute atomic E-state index is 5.92. The predicted octanol–water partition coefficient (Wildman–Crippen LogP) is 3.18. The molecule has 0 bridgehead atoms. The van der Waals surface area contributed by atoms with E-state index >= 15 is 0 Å². The third-order valence-corrected chi connectivity index (χ3v) is 3.46. The highest BCUT2D eigenvalue weighted by molar-refractivity contribution is 5.38. The second kappa shape index (κ2) is 4.83. The fourth-order valence-electron chi connectivity index (χ4n) is 2.41. The first-order valence-electron chi connectivity index (χ1n) is 6.33. The van der Waals surface area contributed by atoms with Gasteiger partial charge < -0.3 is 10.1 Å². The van der Waals surface area contributed by atoms with Gasteiger partial charge in [0, 0.05) is 13.1 Å². The lowest BCUT2D eigenvalue weighted by Gasteiger charge is -2.11. The molecule has 2 aromatic rings. The number of ether oxygens (including phenoxy) is 1. The lowest BCUT2D eigenvalue weighted by atomic mass is 10.0. The van der Waals surface area contributed by atoms with Gasteiger partial charge in [-0.2, -0.15) is 0 Å². The van der Waals surface area contributed by atoms with Crippen LogP contribution in [0.5, 0.6) is 5.75 Å². The van der Waals surface area contributed by atoms with Crippen molar-refractivity contribution in [3.63, 3.8) is 0 Å². The van der Waals surface area contributed by atoms with Gasteiger partial charge in [0.05, 0.1) is 0 Å². The molecule has 0 unspecified atom stereocenters. The first kappa shape index (κ1) is 11.3. The van der Waals surface area contributed by atoms with Crippen LogP contribution in [0.3, 0.4) is 0 Å². The molecule has 0 atom stereocenters. The Kier molecular flexibility index (Phi) is 3.03. The zero-order valence-electron chi connectivity index (χ0n) is 10.6. The van der Waals surface area contributed by atoms with Crippen LogP contribution in [0, 0.1) is 6.92 Å². The minimum Gasteiger partial charge on any atom is -0.489 e. The Morgan fingerprint density at radius 1 is 1.06 bits per heavy atom. The maximum atomic E-state index is 5.92. The predicted molar refractivity (Wildman–Crippen MR) is 72.5 cm³/mol. The number of nitrogens with one attached hydrogen (secondary N) is 1. The molecule has 1 N–H and O–H groups in total. The van der Waals surface area contributed by atoms with Crippen molar-refractivity contribution in [2.75, 3.05) is 0 Å². The van der Waals surface area contributed by atoms with Crippen molar-refractivity contribution in [3.05, 3.63) is 64.7 Å². The first-order valence-corrected chi connectivity index (χ1v) is 6.33. The van der Waals surface area contributed by atoms with Crippen molar-refractivity contribution in [3.8, 4) is 5.75 Å². The number of benzene rings is 2. The SMILES string of the molecule is Cc1ccccc1OCc1cccc2c1CNC2.